The SMILES string of the molecule is O=C(NCC1COc2ccccc2O1)c1ccc2c(=O)n3c(nc2c1)CCCCC3. The van der Waals surface area contributed by atoms with Crippen LogP contribution < -0.4 is 20.3 Å². The molecule has 1 unspecified atom stereocenters. The number of hydrogen-bond acceptors (Lipinski definition) is 5. The zero-order valence-corrected chi connectivity index (χ0v) is 16.6. The van der Waals surface area contributed by atoms with Gasteiger partial charge in [-0.15, -0.1) is 0 Å². The second kappa shape index (κ2) is 7.82. The maximum Gasteiger partial charge on any atom is 0.261 e. The Kier molecular flexibility index (Phi) is 4.86. The molecule has 0 saturated heterocycles. The van der Waals surface area contributed by atoms with E-state index in [0.29, 0.717) is 47.7 Å². The van der Waals surface area contributed by atoms with E-state index >= 15 is 0 Å². The number of para-hydroxylation sites is 2. The van der Waals surface area contributed by atoms with Gasteiger partial charge < -0.3 is 14.8 Å². The van der Waals surface area contributed by atoms with Crippen molar-refractivity contribution in [2.75, 3.05) is 13.2 Å². The van der Waals surface area contributed by atoms with Crippen molar-refractivity contribution in [1.29, 1.82) is 0 Å². The number of fused-ring (bicyclic) bond motifs is 3. The molecule has 3 heterocycles. The van der Waals surface area contributed by atoms with Crippen molar-refractivity contribution in [3.63, 3.8) is 0 Å². The molecule has 2 aromatic carbocycles. The molecule has 1 amide bonds. The number of ether oxygens (including phenoxy) is 2. The highest BCUT2D eigenvalue weighted by molar-refractivity contribution is 5.97. The normalized spacial score (nSPS) is 17.8. The molecule has 3 aromatic rings. The molecule has 0 saturated carbocycles. The molecule has 1 aromatic heterocycles. The molecule has 0 radical (unpaired) electrons. The Hall–Kier alpha value is -3.35. The molecular weight excluding hydrogens is 382 g/mol. The van der Waals surface area contributed by atoms with Crippen LogP contribution in [0.15, 0.2) is 47.3 Å². The first kappa shape index (κ1) is 18.7. The van der Waals surface area contributed by atoms with Gasteiger partial charge in [0.2, 0.25) is 0 Å². The number of nitrogens with zero attached hydrogens (tertiary/aromatic N) is 2. The van der Waals surface area contributed by atoms with Gasteiger partial charge in [0.25, 0.3) is 11.5 Å². The topological polar surface area (TPSA) is 82.5 Å². The van der Waals surface area contributed by atoms with Crippen LogP contribution in [0, 0.1) is 0 Å². The monoisotopic (exact) mass is 405 g/mol. The van der Waals surface area contributed by atoms with E-state index in [0.717, 1.165) is 31.5 Å². The van der Waals surface area contributed by atoms with Crippen molar-refractivity contribution in [2.45, 2.75) is 38.3 Å². The molecule has 30 heavy (non-hydrogen) atoms. The average molecular weight is 405 g/mol. The molecule has 7 heteroatoms. The molecule has 154 valence electrons. The van der Waals surface area contributed by atoms with Crippen molar-refractivity contribution in [2.24, 2.45) is 0 Å². The average Bonchev–Trinajstić information content (AvgIpc) is 3.03. The molecule has 1 atom stereocenters. The summed E-state index contributed by atoms with van der Waals surface area (Å²) in [7, 11) is 0. The van der Waals surface area contributed by atoms with Gasteiger partial charge in [0, 0.05) is 18.5 Å². The van der Waals surface area contributed by atoms with Gasteiger partial charge >= 0.3 is 0 Å². The van der Waals surface area contributed by atoms with Gasteiger partial charge in [-0.05, 0) is 43.2 Å². The quantitative estimate of drug-likeness (QED) is 0.725. The van der Waals surface area contributed by atoms with E-state index in [9.17, 15) is 9.59 Å². The van der Waals surface area contributed by atoms with Crippen molar-refractivity contribution in [3.8, 4) is 11.5 Å². The number of rotatable bonds is 3. The minimum absolute atomic E-state index is 0.0183. The first-order chi connectivity index (χ1) is 14.7. The fourth-order valence-electron chi connectivity index (χ4n) is 4.03. The Balaban J connectivity index is 1.32. The summed E-state index contributed by atoms with van der Waals surface area (Å²) < 4.78 is 13.4. The number of aromatic nitrogens is 2. The summed E-state index contributed by atoms with van der Waals surface area (Å²) in [5.41, 5.74) is 1.03. The maximum atomic E-state index is 12.8. The lowest BCUT2D eigenvalue weighted by Crippen LogP contribution is -2.40. The Bertz CT molecular complexity index is 1170. The summed E-state index contributed by atoms with van der Waals surface area (Å²) in [6, 6.07) is 12.6. The van der Waals surface area contributed by atoms with Crippen LogP contribution >= 0.6 is 0 Å². The largest absolute Gasteiger partial charge is 0.486 e. The lowest BCUT2D eigenvalue weighted by Gasteiger charge is -2.26. The summed E-state index contributed by atoms with van der Waals surface area (Å²) in [4.78, 5) is 30.2. The highest BCUT2D eigenvalue weighted by Crippen LogP contribution is 2.30. The third kappa shape index (κ3) is 3.51. The van der Waals surface area contributed by atoms with E-state index < -0.39 is 0 Å². The number of amides is 1. The number of carbonyl (C=O) groups excluding carboxylic acids is 1. The minimum Gasteiger partial charge on any atom is -0.486 e. The van der Waals surface area contributed by atoms with Crippen molar-refractivity contribution in [1.82, 2.24) is 14.9 Å². The number of hydrogen-bond donors (Lipinski definition) is 1. The van der Waals surface area contributed by atoms with Crippen LogP contribution in [-0.4, -0.2) is 34.7 Å². The van der Waals surface area contributed by atoms with E-state index in [1.807, 2.05) is 24.3 Å². The fourth-order valence-corrected chi connectivity index (χ4v) is 4.03. The van der Waals surface area contributed by atoms with Gasteiger partial charge in [-0.3, -0.25) is 14.2 Å². The first-order valence-corrected chi connectivity index (χ1v) is 10.4. The van der Waals surface area contributed by atoms with E-state index in [2.05, 4.69) is 5.32 Å². The second-order valence-corrected chi connectivity index (χ2v) is 7.74. The number of benzene rings is 2. The van der Waals surface area contributed by atoms with Crippen LogP contribution in [0.25, 0.3) is 10.9 Å². The predicted molar refractivity (Wildman–Crippen MR) is 112 cm³/mol. The summed E-state index contributed by atoms with van der Waals surface area (Å²) in [6.45, 7) is 1.41. The summed E-state index contributed by atoms with van der Waals surface area (Å²) in [6.07, 6.45) is 3.66. The Labute approximate surface area is 173 Å². The Morgan fingerprint density at radius 3 is 2.90 bits per heavy atom. The molecular formula is C23H23N3O4. The van der Waals surface area contributed by atoms with Crippen LogP contribution in [0.5, 0.6) is 11.5 Å². The van der Waals surface area contributed by atoms with E-state index in [1.165, 1.54) is 0 Å². The smallest absolute Gasteiger partial charge is 0.261 e. The minimum atomic E-state index is -0.261. The summed E-state index contributed by atoms with van der Waals surface area (Å²) in [5.74, 6) is 1.98. The molecule has 0 bridgehead atoms. The molecule has 0 spiro atoms. The summed E-state index contributed by atoms with van der Waals surface area (Å²) in [5, 5.41) is 3.45. The second-order valence-electron chi connectivity index (χ2n) is 7.74. The molecule has 1 N–H and O–H groups in total. The van der Waals surface area contributed by atoms with Gasteiger partial charge in [-0.1, -0.05) is 18.6 Å². The lowest BCUT2D eigenvalue weighted by molar-refractivity contribution is 0.0789. The predicted octanol–water partition coefficient (Wildman–Crippen LogP) is 2.69. The van der Waals surface area contributed by atoms with E-state index in [1.54, 1.807) is 22.8 Å². The molecule has 2 aliphatic heterocycles. The van der Waals surface area contributed by atoms with Crippen LogP contribution in [-0.2, 0) is 13.0 Å². The van der Waals surface area contributed by atoms with Crippen molar-refractivity contribution in [3.05, 3.63) is 64.2 Å². The Morgan fingerprint density at radius 2 is 2.00 bits per heavy atom. The highest BCUT2D eigenvalue weighted by atomic mass is 16.6. The van der Waals surface area contributed by atoms with E-state index in [4.69, 9.17) is 14.5 Å². The molecule has 5 rings (SSSR count). The van der Waals surface area contributed by atoms with Gasteiger partial charge in [-0.25, -0.2) is 4.98 Å². The maximum absolute atomic E-state index is 12.8. The Morgan fingerprint density at radius 1 is 1.13 bits per heavy atom. The standard InChI is InChI=1S/C23H23N3O4/c27-22(24-13-16-14-29-19-6-3-4-7-20(19)30-16)15-9-10-17-18(12-15)25-21-8-2-1-5-11-26(21)23(17)28/h3-4,6-7,9-10,12,16H,1-2,5,8,11,13-14H2,(H,24,27). The van der Waals surface area contributed by atoms with Crippen LogP contribution in [0.2, 0.25) is 0 Å². The van der Waals surface area contributed by atoms with Gasteiger partial charge in [0.15, 0.2) is 11.5 Å². The molecule has 0 aliphatic carbocycles. The third-order valence-electron chi connectivity index (χ3n) is 5.64. The lowest BCUT2D eigenvalue weighted by atomic mass is 10.1. The number of nitrogens with one attached hydrogen (secondary N) is 1. The number of aryl methyl sites for hydroxylation is 1. The number of carbonyl (C=O) groups is 1. The fraction of sp³-hybridized carbons (Fsp3) is 0.348. The highest BCUT2D eigenvalue weighted by Gasteiger charge is 2.21. The third-order valence-corrected chi connectivity index (χ3v) is 5.64. The van der Waals surface area contributed by atoms with Crippen molar-refractivity contribution >= 4 is 16.8 Å². The zero-order chi connectivity index (χ0) is 20.5. The van der Waals surface area contributed by atoms with Gasteiger partial charge in [0.1, 0.15) is 18.5 Å². The molecule has 2 aliphatic rings. The zero-order valence-electron chi connectivity index (χ0n) is 16.6. The summed E-state index contributed by atoms with van der Waals surface area (Å²) >= 11 is 0. The van der Waals surface area contributed by atoms with Gasteiger partial charge in [0.05, 0.1) is 17.4 Å². The first-order valence-electron chi connectivity index (χ1n) is 10.4. The van der Waals surface area contributed by atoms with Crippen LogP contribution in [0.3, 0.4) is 0 Å². The van der Waals surface area contributed by atoms with Crippen LogP contribution in [0.1, 0.15) is 35.4 Å². The molecule has 7 nitrogen and oxygen atoms in total. The van der Waals surface area contributed by atoms with Gasteiger partial charge in [-0.2, -0.15) is 0 Å². The molecule has 0 fully saturated rings. The van der Waals surface area contributed by atoms with Crippen LogP contribution in [0.4, 0.5) is 0 Å². The van der Waals surface area contributed by atoms with E-state index in [-0.39, 0.29) is 17.6 Å². The van der Waals surface area contributed by atoms with Crippen molar-refractivity contribution < 1.29 is 14.3 Å².